The molecule has 0 radical (unpaired) electrons. The molecule has 2 N–H and O–H groups in total. The minimum absolute atomic E-state index is 0.126. The SMILES string of the molecule is CCCCCCCC(=O)OC1c2ccccc2CC1CC(=O)c1cccc(NC=O)c1O. The Morgan fingerprint density at radius 2 is 1.88 bits per heavy atom. The number of ether oxygens (including phenoxy) is 1. The Bertz CT molecular complexity index is 955. The highest BCUT2D eigenvalue weighted by Gasteiger charge is 2.36. The van der Waals surface area contributed by atoms with E-state index in [0.29, 0.717) is 19.3 Å². The summed E-state index contributed by atoms with van der Waals surface area (Å²) < 4.78 is 5.87. The van der Waals surface area contributed by atoms with Gasteiger partial charge in [0, 0.05) is 18.8 Å². The van der Waals surface area contributed by atoms with E-state index in [9.17, 15) is 19.5 Å². The average Bonchev–Trinajstić information content (AvgIpc) is 3.12. The number of para-hydroxylation sites is 1. The van der Waals surface area contributed by atoms with E-state index in [-0.39, 0.29) is 41.1 Å². The van der Waals surface area contributed by atoms with Crippen LogP contribution in [0.2, 0.25) is 0 Å². The van der Waals surface area contributed by atoms with Crippen molar-refractivity contribution in [2.45, 2.75) is 64.4 Å². The van der Waals surface area contributed by atoms with E-state index >= 15 is 0 Å². The Morgan fingerprint density at radius 3 is 2.66 bits per heavy atom. The molecule has 6 heteroatoms. The molecule has 0 aliphatic heterocycles. The van der Waals surface area contributed by atoms with Crippen molar-refractivity contribution in [3.63, 3.8) is 0 Å². The van der Waals surface area contributed by atoms with Crippen molar-refractivity contribution >= 4 is 23.9 Å². The van der Waals surface area contributed by atoms with E-state index in [4.69, 9.17) is 4.74 Å². The number of amides is 1. The number of anilines is 1. The molecular weight excluding hydrogens is 406 g/mol. The van der Waals surface area contributed by atoms with Gasteiger partial charge in [0.2, 0.25) is 6.41 Å². The van der Waals surface area contributed by atoms with Gasteiger partial charge in [-0.3, -0.25) is 14.4 Å². The van der Waals surface area contributed by atoms with Gasteiger partial charge in [0.25, 0.3) is 0 Å². The largest absolute Gasteiger partial charge is 0.505 e. The lowest BCUT2D eigenvalue weighted by Gasteiger charge is -2.21. The van der Waals surface area contributed by atoms with Gasteiger partial charge in [-0.05, 0) is 36.1 Å². The number of benzene rings is 2. The monoisotopic (exact) mass is 437 g/mol. The summed E-state index contributed by atoms with van der Waals surface area (Å²) in [6.07, 6.45) is 6.38. The van der Waals surface area contributed by atoms with E-state index in [1.165, 1.54) is 18.6 Å². The number of rotatable bonds is 12. The molecular formula is C26H31NO5. The van der Waals surface area contributed by atoms with Gasteiger partial charge in [-0.15, -0.1) is 0 Å². The topological polar surface area (TPSA) is 92.7 Å². The lowest BCUT2D eigenvalue weighted by molar-refractivity contribution is -0.152. The zero-order valence-electron chi connectivity index (χ0n) is 18.5. The summed E-state index contributed by atoms with van der Waals surface area (Å²) in [6.45, 7) is 2.15. The van der Waals surface area contributed by atoms with Crippen LogP contribution in [-0.4, -0.2) is 23.3 Å². The van der Waals surface area contributed by atoms with Crippen LogP contribution in [0.4, 0.5) is 5.69 Å². The van der Waals surface area contributed by atoms with Crippen molar-refractivity contribution in [2.75, 3.05) is 5.32 Å². The van der Waals surface area contributed by atoms with Crippen LogP contribution in [0.5, 0.6) is 5.75 Å². The number of nitrogens with one attached hydrogen (secondary N) is 1. The second-order valence-corrected chi connectivity index (χ2v) is 8.33. The maximum atomic E-state index is 13.0. The molecule has 2 atom stereocenters. The Balaban J connectivity index is 1.70. The van der Waals surface area contributed by atoms with Crippen LogP contribution in [0.15, 0.2) is 42.5 Å². The van der Waals surface area contributed by atoms with Crippen molar-refractivity contribution in [1.82, 2.24) is 0 Å². The number of Topliss-reactive ketones (excluding diaryl/α,β-unsaturated/α-hetero) is 1. The zero-order chi connectivity index (χ0) is 22.9. The molecule has 1 amide bonds. The number of unbranched alkanes of at least 4 members (excludes halogenated alkanes) is 4. The fraction of sp³-hybridized carbons (Fsp3) is 0.423. The third-order valence-electron chi connectivity index (χ3n) is 6.01. The van der Waals surface area contributed by atoms with Gasteiger partial charge in [0.15, 0.2) is 5.78 Å². The van der Waals surface area contributed by atoms with Crippen LogP contribution < -0.4 is 5.32 Å². The van der Waals surface area contributed by atoms with Gasteiger partial charge in [-0.2, -0.15) is 0 Å². The van der Waals surface area contributed by atoms with E-state index in [0.717, 1.165) is 36.8 Å². The summed E-state index contributed by atoms with van der Waals surface area (Å²) >= 11 is 0. The highest BCUT2D eigenvalue weighted by molar-refractivity contribution is 6.01. The van der Waals surface area contributed by atoms with Gasteiger partial charge in [-0.25, -0.2) is 0 Å². The maximum Gasteiger partial charge on any atom is 0.306 e. The van der Waals surface area contributed by atoms with Gasteiger partial charge < -0.3 is 15.2 Å². The number of phenols is 1. The number of ketones is 1. The van der Waals surface area contributed by atoms with Crippen LogP contribution in [-0.2, 0) is 20.7 Å². The predicted octanol–water partition coefficient (Wildman–Crippen LogP) is 5.35. The molecule has 0 saturated carbocycles. The van der Waals surface area contributed by atoms with E-state index in [1.54, 1.807) is 6.07 Å². The molecule has 6 nitrogen and oxygen atoms in total. The highest BCUT2D eigenvalue weighted by Crippen LogP contribution is 2.42. The third-order valence-corrected chi connectivity index (χ3v) is 6.01. The molecule has 2 aromatic carbocycles. The first-order valence-corrected chi connectivity index (χ1v) is 11.4. The quantitative estimate of drug-likeness (QED) is 0.153. The van der Waals surface area contributed by atoms with Crippen molar-refractivity contribution < 1.29 is 24.2 Å². The lowest BCUT2D eigenvalue weighted by atomic mass is 9.93. The van der Waals surface area contributed by atoms with Crippen molar-refractivity contribution in [2.24, 2.45) is 5.92 Å². The van der Waals surface area contributed by atoms with Crippen LogP contribution in [0.3, 0.4) is 0 Å². The van der Waals surface area contributed by atoms with Crippen LogP contribution in [0.1, 0.15) is 79.5 Å². The van der Waals surface area contributed by atoms with Crippen LogP contribution in [0, 0.1) is 5.92 Å². The van der Waals surface area contributed by atoms with Gasteiger partial charge in [0.05, 0.1) is 11.3 Å². The van der Waals surface area contributed by atoms with Gasteiger partial charge in [0.1, 0.15) is 11.9 Å². The molecule has 2 aromatic rings. The number of hydrogen-bond donors (Lipinski definition) is 2. The van der Waals surface area contributed by atoms with Crippen molar-refractivity contribution in [1.29, 1.82) is 0 Å². The smallest absolute Gasteiger partial charge is 0.306 e. The molecule has 1 aliphatic carbocycles. The summed E-state index contributed by atoms with van der Waals surface area (Å²) in [4.78, 5) is 36.3. The standard InChI is InChI=1S/C26H31NO5/c1-2-3-4-5-6-14-24(30)32-26-19(15-18-10-7-8-11-20(18)26)16-23(29)21-12-9-13-22(25(21)31)27-17-28/h7-13,17,19,26,31H,2-6,14-16H2,1H3,(H,27,28). The van der Waals surface area contributed by atoms with Crippen LogP contribution >= 0.6 is 0 Å². The molecule has 0 aromatic heterocycles. The first kappa shape index (κ1) is 23.5. The minimum Gasteiger partial charge on any atom is -0.505 e. The highest BCUT2D eigenvalue weighted by atomic mass is 16.5. The third kappa shape index (κ3) is 5.75. The number of esters is 1. The first-order valence-electron chi connectivity index (χ1n) is 11.4. The summed E-state index contributed by atoms with van der Waals surface area (Å²) in [5, 5.41) is 12.8. The van der Waals surface area contributed by atoms with E-state index in [1.807, 2.05) is 24.3 Å². The number of fused-ring (bicyclic) bond motifs is 1. The molecule has 2 unspecified atom stereocenters. The van der Waals surface area contributed by atoms with Gasteiger partial charge in [-0.1, -0.05) is 62.9 Å². The fourth-order valence-electron chi connectivity index (χ4n) is 4.35. The number of carbonyl (C=O) groups is 3. The molecule has 1 aliphatic rings. The maximum absolute atomic E-state index is 13.0. The van der Waals surface area contributed by atoms with E-state index < -0.39 is 6.10 Å². The number of aromatic hydroxyl groups is 1. The van der Waals surface area contributed by atoms with Crippen molar-refractivity contribution in [3.8, 4) is 5.75 Å². The van der Waals surface area contributed by atoms with Crippen LogP contribution in [0.25, 0.3) is 0 Å². The fourth-order valence-corrected chi connectivity index (χ4v) is 4.35. The zero-order valence-corrected chi connectivity index (χ0v) is 18.5. The second-order valence-electron chi connectivity index (χ2n) is 8.33. The Morgan fingerprint density at radius 1 is 1.09 bits per heavy atom. The molecule has 170 valence electrons. The van der Waals surface area contributed by atoms with E-state index in [2.05, 4.69) is 12.2 Å². The summed E-state index contributed by atoms with van der Waals surface area (Å²) in [6, 6.07) is 12.5. The lowest BCUT2D eigenvalue weighted by Crippen LogP contribution is -2.19. The molecule has 0 bridgehead atoms. The molecule has 0 fully saturated rings. The Hall–Kier alpha value is -3.15. The second kappa shape index (κ2) is 11.5. The molecule has 0 saturated heterocycles. The summed E-state index contributed by atoms with van der Waals surface area (Å²) in [5.41, 5.74) is 2.36. The average molecular weight is 438 g/mol. The molecule has 32 heavy (non-hydrogen) atoms. The Kier molecular flexibility index (Phi) is 8.42. The normalized spacial score (nSPS) is 16.9. The van der Waals surface area contributed by atoms with Crippen molar-refractivity contribution in [3.05, 3.63) is 59.2 Å². The first-order chi connectivity index (χ1) is 15.5. The number of hydrogen-bond acceptors (Lipinski definition) is 5. The Labute approximate surface area is 189 Å². The number of carbonyl (C=O) groups excluding carboxylic acids is 3. The molecule has 0 heterocycles. The van der Waals surface area contributed by atoms with Gasteiger partial charge >= 0.3 is 5.97 Å². The predicted molar refractivity (Wildman–Crippen MR) is 123 cm³/mol. The molecule has 0 spiro atoms. The minimum atomic E-state index is -0.475. The summed E-state index contributed by atoms with van der Waals surface area (Å²) in [7, 11) is 0. The summed E-state index contributed by atoms with van der Waals surface area (Å²) in [5.74, 6) is -0.942. The number of phenolic OH excluding ortho intramolecular Hbond substituents is 1. The molecule has 3 rings (SSSR count).